The summed E-state index contributed by atoms with van der Waals surface area (Å²) in [5.41, 5.74) is -0.813. The lowest BCUT2D eigenvalue weighted by atomic mass is 9.72. The Morgan fingerprint density at radius 2 is 1.93 bits per heavy atom. The second-order valence-electron chi connectivity index (χ2n) is 7.76. The third kappa shape index (κ3) is 3.45. The molecule has 3 nitrogen and oxygen atoms in total. The number of thiophene rings is 1. The van der Waals surface area contributed by atoms with Crippen LogP contribution in [0.3, 0.4) is 0 Å². The van der Waals surface area contributed by atoms with E-state index in [2.05, 4.69) is 24.1 Å². The molecule has 3 saturated heterocycles. The Kier molecular flexibility index (Phi) is 5.25. The monoisotopic (exact) mass is 418 g/mol. The summed E-state index contributed by atoms with van der Waals surface area (Å²) in [4.78, 5) is 15.5. The highest BCUT2D eigenvalue weighted by atomic mass is 35.5. The van der Waals surface area contributed by atoms with E-state index in [4.69, 9.17) is 0 Å². The quantitative estimate of drug-likeness (QED) is 0.748. The van der Waals surface area contributed by atoms with Crippen molar-refractivity contribution < 1.29 is 18.0 Å². The molecular weight excluding hydrogens is 397 g/mol. The fourth-order valence-corrected chi connectivity index (χ4v) is 5.58. The van der Waals surface area contributed by atoms with Crippen LogP contribution in [-0.2, 0) is 6.18 Å². The Bertz CT molecular complexity index is 856. The van der Waals surface area contributed by atoms with Gasteiger partial charge in [-0.2, -0.15) is 13.2 Å². The summed E-state index contributed by atoms with van der Waals surface area (Å²) < 4.78 is 39.7. The highest BCUT2D eigenvalue weighted by molar-refractivity contribution is 7.21. The maximum absolute atomic E-state index is 13.2. The normalized spacial score (nSPS) is 26.6. The summed E-state index contributed by atoms with van der Waals surface area (Å²) in [6, 6.07) is 5.66. The van der Waals surface area contributed by atoms with Crippen molar-refractivity contribution in [1.29, 1.82) is 0 Å². The molecule has 0 aliphatic carbocycles. The second-order valence-corrected chi connectivity index (χ2v) is 8.81. The van der Waals surface area contributed by atoms with E-state index in [1.54, 1.807) is 12.1 Å². The highest BCUT2D eigenvalue weighted by Crippen LogP contribution is 2.41. The van der Waals surface area contributed by atoms with Gasteiger partial charge in [0.05, 0.1) is 10.4 Å². The minimum Gasteiger partial charge on any atom is -0.346 e. The Hall–Kier alpha value is -1.31. The number of piperidine rings is 3. The van der Waals surface area contributed by atoms with Gasteiger partial charge in [0.1, 0.15) is 0 Å². The van der Waals surface area contributed by atoms with Gasteiger partial charge in [-0.15, -0.1) is 23.7 Å². The van der Waals surface area contributed by atoms with E-state index in [9.17, 15) is 18.0 Å². The lowest BCUT2D eigenvalue weighted by molar-refractivity contribution is -0.136. The molecule has 0 radical (unpaired) electrons. The Balaban J connectivity index is 0.00000210. The van der Waals surface area contributed by atoms with Crippen LogP contribution >= 0.6 is 23.7 Å². The van der Waals surface area contributed by atoms with Crippen LogP contribution in [0.2, 0.25) is 0 Å². The topological polar surface area (TPSA) is 32.3 Å². The molecule has 4 heterocycles. The van der Waals surface area contributed by atoms with Crippen LogP contribution in [-0.4, -0.2) is 35.5 Å². The van der Waals surface area contributed by atoms with Crippen LogP contribution in [0.4, 0.5) is 13.2 Å². The SMILES string of the molecule is CC1(C)C(NC(=O)c2cc3cccc(C(F)(F)F)c3s2)C2CCN1CC2.Cl. The van der Waals surface area contributed by atoms with Crippen molar-refractivity contribution in [2.45, 2.75) is 44.4 Å². The van der Waals surface area contributed by atoms with Gasteiger partial charge in [-0.25, -0.2) is 0 Å². The Morgan fingerprint density at radius 3 is 2.52 bits per heavy atom. The molecule has 27 heavy (non-hydrogen) atoms. The van der Waals surface area contributed by atoms with E-state index >= 15 is 0 Å². The van der Waals surface area contributed by atoms with Crippen molar-refractivity contribution in [2.75, 3.05) is 13.1 Å². The number of hydrogen-bond donors (Lipinski definition) is 1. The molecule has 3 fully saturated rings. The van der Waals surface area contributed by atoms with E-state index in [0.717, 1.165) is 43.3 Å². The number of hydrogen-bond acceptors (Lipinski definition) is 3. The number of amides is 1. The number of carbonyl (C=O) groups excluding carboxylic acids is 1. The molecule has 1 amide bonds. The van der Waals surface area contributed by atoms with Crippen molar-refractivity contribution >= 4 is 39.7 Å². The van der Waals surface area contributed by atoms with Gasteiger partial charge in [-0.1, -0.05) is 12.1 Å². The fourth-order valence-electron chi connectivity index (χ4n) is 4.49. The molecule has 5 rings (SSSR count). The van der Waals surface area contributed by atoms with Gasteiger partial charge in [0, 0.05) is 16.3 Å². The van der Waals surface area contributed by atoms with E-state index in [-0.39, 0.29) is 34.6 Å². The predicted molar refractivity (Wildman–Crippen MR) is 104 cm³/mol. The third-order valence-electron chi connectivity index (χ3n) is 5.95. The van der Waals surface area contributed by atoms with Crippen molar-refractivity contribution in [3.8, 4) is 0 Å². The van der Waals surface area contributed by atoms with Gasteiger partial charge in [0.15, 0.2) is 0 Å². The molecule has 2 bridgehead atoms. The van der Waals surface area contributed by atoms with Gasteiger partial charge in [-0.3, -0.25) is 9.69 Å². The second kappa shape index (κ2) is 6.94. The standard InChI is InChI=1S/C19H21F3N2OS.ClH/c1-18(2)16(11-6-8-24(18)9-7-11)23-17(25)14-10-12-4-3-5-13(15(12)26-14)19(20,21)22;/h3-5,10-11,16H,6-9H2,1-2H3,(H,23,25);1H. The minimum absolute atomic E-state index is 0. The van der Waals surface area contributed by atoms with Crippen LogP contribution < -0.4 is 5.32 Å². The van der Waals surface area contributed by atoms with E-state index in [1.165, 1.54) is 6.07 Å². The highest BCUT2D eigenvalue weighted by Gasteiger charge is 2.48. The molecule has 1 atom stereocenters. The molecule has 8 heteroatoms. The summed E-state index contributed by atoms with van der Waals surface area (Å²) >= 11 is 0.922. The van der Waals surface area contributed by atoms with Gasteiger partial charge < -0.3 is 5.32 Å². The first-order valence-corrected chi connectivity index (χ1v) is 9.65. The zero-order valence-electron chi connectivity index (χ0n) is 15.1. The number of alkyl halides is 3. The smallest absolute Gasteiger partial charge is 0.346 e. The van der Waals surface area contributed by atoms with Gasteiger partial charge in [-0.05, 0) is 63.2 Å². The molecular formula is C19H22ClF3N2OS. The number of benzene rings is 1. The van der Waals surface area contributed by atoms with Crippen LogP contribution in [0, 0.1) is 5.92 Å². The molecule has 0 spiro atoms. The van der Waals surface area contributed by atoms with Gasteiger partial charge in [0.25, 0.3) is 5.91 Å². The van der Waals surface area contributed by atoms with Crippen molar-refractivity contribution in [1.82, 2.24) is 10.2 Å². The molecule has 3 aliphatic heterocycles. The maximum Gasteiger partial charge on any atom is 0.417 e. The van der Waals surface area contributed by atoms with E-state index < -0.39 is 11.7 Å². The lowest BCUT2D eigenvalue weighted by Gasteiger charge is -2.56. The molecule has 1 N–H and O–H groups in total. The average molecular weight is 419 g/mol. The summed E-state index contributed by atoms with van der Waals surface area (Å²) in [6.07, 6.45) is -2.31. The fraction of sp³-hybridized carbons (Fsp3) is 0.526. The first-order chi connectivity index (χ1) is 12.2. The van der Waals surface area contributed by atoms with Crippen LogP contribution in [0.25, 0.3) is 10.1 Å². The molecule has 1 aromatic heterocycles. The number of rotatable bonds is 2. The third-order valence-corrected chi connectivity index (χ3v) is 7.13. The van der Waals surface area contributed by atoms with Crippen LogP contribution in [0.1, 0.15) is 41.9 Å². The van der Waals surface area contributed by atoms with Gasteiger partial charge in [0.2, 0.25) is 0 Å². The van der Waals surface area contributed by atoms with Gasteiger partial charge >= 0.3 is 6.18 Å². The number of nitrogens with zero attached hydrogens (tertiary/aromatic N) is 1. The Morgan fingerprint density at radius 1 is 1.26 bits per heavy atom. The number of fused-ring (bicyclic) bond motifs is 4. The first kappa shape index (κ1) is 20.4. The van der Waals surface area contributed by atoms with Crippen molar-refractivity contribution in [2.24, 2.45) is 5.92 Å². The molecule has 2 aromatic rings. The predicted octanol–water partition coefficient (Wildman–Crippen LogP) is 4.94. The van der Waals surface area contributed by atoms with Crippen LogP contribution in [0.15, 0.2) is 24.3 Å². The lowest BCUT2D eigenvalue weighted by Crippen LogP contribution is -2.69. The number of nitrogens with one attached hydrogen (secondary N) is 1. The largest absolute Gasteiger partial charge is 0.417 e. The summed E-state index contributed by atoms with van der Waals surface area (Å²) in [5.74, 6) is 0.158. The zero-order chi connectivity index (χ0) is 18.7. The summed E-state index contributed by atoms with van der Waals surface area (Å²) in [5, 5.41) is 3.59. The van der Waals surface area contributed by atoms with E-state index in [1.807, 2.05) is 0 Å². The molecule has 3 aliphatic rings. The molecule has 1 aromatic carbocycles. The maximum atomic E-state index is 13.2. The first-order valence-electron chi connectivity index (χ1n) is 8.83. The zero-order valence-corrected chi connectivity index (χ0v) is 16.7. The number of carbonyl (C=O) groups is 1. The minimum atomic E-state index is -4.42. The average Bonchev–Trinajstić information content (AvgIpc) is 3.01. The van der Waals surface area contributed by atoms with Crippen molar-refractivity contribution in [3.05, 3.63) is 34.7 Å². The van der Waals surface area contributed by atoms with E-state index in [0.29, 0.717) is 16.2 Å². The molecule has 1 unspecified atom stereocenters. The molecule has 148 valence electrons. The molecule has 0 saturated carbocycles. The van der Waals surface area contributed by atoms with Crippen LogP contribution in [0.5, 0.6) is 0 Å². The Labute approximate surface area is 166 Å². The van der Waals surface area contributed by atoms with Crippen molar-refractivity contribution in [3.63, 3.8) is 0 Å². The summed E-state index contributed by atoms with van der Waals surface area (Å²) in [7, 11) is 0. The summed E-state index contributed by atoms with van der Waals surface area (Å²) in [6.45, 7) is 6.36. The number of halogens is 4.